The van der Waals surface area contributed by atoms with Gasteiger partial charge in [0.1, 0.15) is 0 Å². The van der Waals surface area contributed by atoms with Crippen LogP contribution in [0.1, 0.15) is 24.0 Å². The molecule has 0 aliphatic rings. The first-order valence-electron chi connectivity index (χ1n) is 4.01. The lowest BCUT2D eigenvalue weighted by Crippen LogP contribution is -2.08. The molecule has 13 heavy (non-hydrogen) atoms. The summed E-state index contributed by atoms with van der Waals surface area (Å²) >= 11 is 5.87. The second kappa shape index (κ2) is 3.79. The van der Waals surface area contributed by atoms with Gasteiger partial charge in [0.2, 0.25) is 0 Å². The number of carbonyl (C=O) groups is 1. The number of hydrogen-bond acceptors (Lipinski definition) is 1. The summed E-state index contributed by atoms with van der Waals surface area (Å²) < 4.78 is 0. The van der Waals surface area contributed by atoms with Gasteiger partial charge in [-0.2, -0.15) is 0 Å². The van der Waals surface area contributed by atoms with Gasteiger partial charge in [0.15, 0.2) is 0 Å². The van der Waals surface area contributed by atoms with Gasteiger partial charge < -0.3 is 5.11 Å². The molecule has 1 rings (SSSR count). The van der Waals surface area contributed by atoms with Gasteiger partial charge in [-0.15, -0.1) is 0 Å². The van der Waals surface area contributed by atoms with E-state index in [1.165, 1.54) is 0 Å². The molecule has 0 amide bonds. The average molecular weight is 199 g/mol. The molecule has 0 aliphatic carbocycles. The van der Waals surface area contributed by atoms with Crippen LogP contribution in [0.5, 0.6) is 0 Å². The standard InChI is InChI=1S/C10H11ClO2/c1-6-3-4-9(11)8(5-6)7(2)10(12)13/h3-5,7H,1-2H3,(H,12,13). The summed E-state index contributed by atoms with van der Waals surface area (Å²) in [7, 11) is 0. The lowest BCUT2D eigenvalue weighted by Gasteiger charge is -2.09. The largest absolute Gasteiger partial charge is 0.481 e. The molecule has 1 unspecified atom stereocenters. The first kappa shape index (κ1) is 10.1. The molecule has 0 saturated heterocycles. The number of carboxylic acid groups (broad SMARTS) is 1. The fourth-order valence-corrected chi connectivity index (χ4v) is 1.41. The van der Waals surface area contributed by atoms with Crippen LogP contribution < -0.4 is 0 Å². The molecule has 2 nitrogen and oxygen atoms in total. The Balaban J connectivity index is 3.12. The summed E-state index contributed by atoms with van der Waals surface area (Å²) in [5, 5.41) is 9.31. The third kappa shape index (κ3) is 2.22. The number of aryl methyl sites for hydroxylation is 1. The molecular formula is C10H11ClO2. The Morgan fingerprint density at radius 3 is 2.69 bits per heavy atom. The van der Waals surface area contributed by atoms with Gasteiger partial charge in [-0.1, -0.05) is 29.3 Å². The summed E-state index contributed by atoms with van der Waals surface area (Å²) in [5.74, 6) is -1.40. The van der Waals surface area contributed by atoms with Crippen molar-refractivity contribution < 1.29 is 9.90 Å². The molecule has 0 radical (unpaired) electrons. The molecule has 0 aliphatic heterocycles. The second-order valence-corrected chi connectivity index (χ2v) is 3.49. The lowest BCUT2D eigenvalue weighted by molar-refractivity contribution is -0.138. The maximum Gasteiger partial charge on any atom is 0.310 e. The maximum atomic E-state index is 10.7. The van der Waals surface area contributed by atoms with E-state index in [1.807, 2.05) is 13.0 Å². The monoisotopic (exact) mass is 198 g/mol. The number of rotatable bonds is 2. The molecule has 1 aromatic rings. The quantitative estimate of drug-likeness (QED) is 0.794. The highest BCUT2D eigenvalue weighted by atomic mass is 35.5. The van der Waals surface area contributed by atoms with Crippen molar-refractivity contribution in [2.24, 2.45) is 0 Å². The molecule has 0 spiro atoms. The van der Waals surface area contributed by atoms with Crippen LogP contribution in [0.15, 0.2) is 18.2 Å². The first-order chi connectivity index (χ1) is 6.02. The van der Waals surface area contributed by atoms with Crippen molar-refractivity contribution in [3.05, 3.63) is 34.3 Å². The number of hydrogen-bond donors (Lipinski definition) is 1. The Bertz CT molecular complexity index is 334. The molecule has 0 fully saturated rings. The summed E-state index contributed by atoms with van der Waals surface area (Å²) in [4.78, 5) is 10.7. The van der Waals surface area contributed by atoms with Crippen LogP contribution in [0.3, 0.4) is 0 Å². The van der Waals surface area contributed by atoms with Crippen LogP contribution in [-0.2, 0) is 4.79 Å². The molecule has 1 atom stereocenters. The SMILES string of the molecule is Cc1ccc(Cl)c(C(C)C(=O)O)c1. The van der Waals surface area contributed by atoms with Gasteiger partial charge in [0.05, 0.1) is 5.92 Å². The molecule has 70 valence electrons. The van der Waals surface area contributed by atoms with E-state index in [4.69, 9.17) is 16.7 Å². The number of halogens is 1. The number of aliphatic carboxylic acids is 1. The van der Waals surface area contributed by atoms with Crippen LogP contribution in [0, 0.1) is 6.92 Å². The Hall–Kier alpha value is -1.02. The Morgan fingerprint density at radius 2 is 2.15 bits per heavy atom. The first-order valence-corrected chi connectivity index (χ1v) is 4.39. The summed E-state index contributed by atoms with van der Waals surface area (Å²) in [5.41, 5.74) is 1.70. The fourth-order valence-electron chi connectivity index (χ4n) is 1.13. The minimum absolute atomic E-state index is 0.514. The molecule has 0 saturated carbocycles. The minimum atomic E-state index is -0.854. The van der Waals surface area contributed by atoms with Crippen molar-refractivity contribution >= 4 is 17.6 Å². The zero-order valence-electron chi connectivity index (χ0n) is 7.54. The van der Waals surface area contributed by atoms with Crippen molar-refractivity contribution in [1.29, 1.82) is 0 Å². The van der Waals surface area contributed by atoms with Crippen molar-refractivity contribution in [2.75, 3.05) is 0 Å². The topological polar surface area (TPSA) is 37.3 Å². The highest BCUT2D eigenvalue weighted by Crippen LogP contribution is 2.25. The van der Waals surface area contributed by atoms with Crippen molar-refractivity contribution in [1.82, 2.24) is 0 Å². The molecule has 0 aromatic heterocycles. The minimum Gasteiger partial charge on any atom is -0.481 e. The maximum absolute atomic E-state index is 10.7. The van der Waals surface area contributed by atoms with Crippen LogP contribution in [-0.4, -0.2) is 11.1 Å². The highest BCUT2D eigenvalue weighted by Gasteiger charge is 2.16. The Morgan fingerprint density at radius 1 is 1.54 bits per heavy atom. The zero-order valence-corrected chi connectivity index (χ0v) is 8.30. The molecule has 0 heterocycles. The predicted octanol–water partition coefficient (Wildman–Crippen LogP) is 2.84. The van der Waals surface area contributed by atoms with Gasteiger partial charge in [-0.3, -0.25) is 4.79 Å². The van der Waals surface area contributed by atoms with Crippen molar-refractivity contribution in [3.8, 4) is 0 Å². The van der Waals surface area contributed by atoms with Gasteiger partial charge in [-0.05, 0) is 25.5 Å². The van der Waals surface area contributed by atoms with E-state index in [1.54, 1.807) is 19.1 Å². The van der Waals surface area contributed by atoms with Crippen LogP contribution in [0.2, 0.25) is 5.02 Å². The molecule has 1 N–H and O–H groups in total. The van der Waals surface area contributed by atoms with E-state index < -0.39 is 11.9 Å². The van der Waals surface area contributed by atoms with Crippen LogP contribution >= 0.6 is 11.6 Å². The average Bonchev–Trinajstić information content (AvgIpc) is 2.08. The van der Waals surface area contributed by atoms with E-state index in [0.717, 1.165) is 5.56 Å². The van der Waals surface area contributed by atoms with Crippen LogP contribution in [0.4, 0.5) is 0 Å². The van der Waals surface area contributed by atoms with Gasteiger partial charge in [-0.25, -0.2) is 0 Å². The zero-order chi connectivity index (χ0) is 10.0. The van der Waals surface area contributed by atoms with Gasteiger partial charge >= 0.3 is 5.97 Å². The van der Waals surface area contributed by atoms with Gasteiger partial charge in [0, 0.05) is 5.02 Å². The number of carboxylic acids is 1. The lowest BCUT2D eigenvalue weighted by atomic mass is 10.00. The fraction of sp³-hybridized carbons (Fsp3) is 0.300. The summed E-state index contributed by atoms with van der Waals surface area (Å²) in [6.07, 6.45) is 0. The second-order valence-electron chi connectivity index (χ2n) is 3.08. The van der Waals surface area contributed by atoms with E-state index in [0.29, 0.717) is 10.6 Å². The summed E-state index contributed by atoms with van der Waals surface area (Å²) in [6.45, 7) is 3.54. The third-order valence-corrected chi connectivity index (χ3v) is 2.33. The Kier molecular flexibility index (Phi) is 2.94. The van der Waals surface area contributed by atoms with Crippen molar-refractivity contribution in [2.45, 2.75) is 19.8 Å². The molecule has 0 bridgehead atoms. The Labute approximate surface area is 82.2 Å². The normalized spacial score (nSPS) is 12.5. The van der Waals surface area contributed by atoms with E-state index in [9.17, 15) is 4.79 Å². The molecule has 1 aromatic carbocycles. The number of benzene rings is 1. The van der Waals surface area contributed by atoms with E-state index in [2.05, 4.69) is 0 Å². The smallest absolute Gasteiger partial charge is 0.310 e. The highest BCUT2D eigenvalue weighted by molar-refractivity contribution is 6.31. The summed E-state index contributed by atoms with van der Waals surface area (Å²) in [6, 6.07) is 5.40. The molecule has 3 heteroatoms. The van der Waals surface area contributed by atoms with E-state index >= 15 is 0 Å². The van der Waals surface area contributed by atoms with E-state index in [-0.39, 0.29) is 0 Å². The molecular weight excluding hydrogens is 188 g/mol. The third-order valence-electron chi connectivity index (χ3n) is 1.99. The van der Waals surface area contributed by atoms with Gasteiger partial charge in [0.25, 0.3) is 0 Å². The van der Waals surface area contributed by atoms with Crippen molar-refractivity contribution in [3.63, 3.8) is 0 Å². The van der Waals surface area contributed by atoms with Crippen LogP contribution in [0.25, 0.3) is 0 Å². The predicted molar refractivity (Wildman–Crippen MR) is 52.2 cm³/mol.